The van der Waals surface area contributed by atoms with Gasteiger partial charge in [-0.25, -0.2) is 0 Å². The molecule has 3 N–H and O–H groups in total. The molecule has 0 aliphatic heterocycles. The van der Waals surface area contributed by atoms with Crippen LogP contribution in [0.25, 0.3) is 10.9 Å². The fourth-order valence-electron chi connectivity index (χ4n) is 2.12. The number of nitrogens with one attached hydrogen (secondary N) is 1. The minimum absolute atomic E-state index is 0.00859. The molecule has 0 aliphatic carbocycles. The van der Waals surface area contributed by atoms with Crippen LogP contribution in [0, 0.1) is 5.92 Å². The molecule has 4 heteroatoms. The molecule has 1 aromatic heterocycles. The van der Waals surface area contributed by atoms with Gasteiger partial charge in [0.25, 0.3) is 0 Å². The largest absolute Gasteiger partial charge is 0.397 e. The van der Waals surface area contributed by atoms with Crippen molar-refractivity contribution in [3.05, 3.63) is 30.5 Å². The van der Waals surface area contributed by atoms with Crippen LogP contribution in [0.15, 0.2) is 30.5 Å². The van der Waals surface area contributed by atoms with E-state index < -0.39 is 0 Å². The molecule has 0 saturated heterocycles. The van der Waals surface area contributed by atoms with E-state index in [-0.39, 0.29) is 11.8 Å². The molecule has 4 nitrogen and oxygen atoms in total. The number of hydrogen-bond donors (Lipinski definition) is 2. The summed E-state index contributed by atoms with van der Waals surface area (Å²) < 4.78 is 0. The van der Waals surface area contributed by atoms with E-state index in [1.54, 1.807) is 12.3 Å². The Morgan fingerprint density at radius 2 is 2.21 bits per heavy atom. The Hall–Kier alpha value is -2.10. The quantitative estimate of drug-likeness (QED) is 0.826. The zero-order valence-electron chi connectivity index (χ0n) is 11.3. The summed E-state index contributed by atoms with van der Waals surface area (Å²) in [7, 11) is 0. The minimum atomic E-state index is 0.00859. The molecule has 1 unspecified atom stereocenters. The van der Waals surface area contributed by atoms with Crippen LogP contribution in [-0.2, 0) is 4.79 Å². The first-order valence-corrected chi connectivity index (χ1v) is 6.57. The lowest BCUT2D eigenvalue weighted by Gasteiger charge is -2.13. The number of pyridine rings is 1. The van der Waals surface area contributed by atoms with Gasteiger partial charge in [0, 0.05) is 17.5 Å². The number of rotatable bonds is 4. The minimum Gasteiger partial charge on any atom is -0.397 e. The van der Waals surface area contributed by atoms with Gasteiger partial charge in [0.1, 0.15) is 0 Å². The molecule has 1 amide bonds. The maximum absolute atomic E-state index is 12.1. The first-order valence-electron chi connectivity index (χ1n) is 6.57. The summed E-state index contributed by atoms with van der Waals surface area (Å²) in [6, 6.07) is 7.36. The predicted octanol–water partition coefficient (Wildman–Crippen LogP) is 3.19. The third-order valence-corrected chi connectivity index (χ3v) is 3.23. The zero-order valence-corrected chi connectivity index (χ0v) is 11.3. The van der Waals surface area contributed by atoms with Crippen molar-refractivity contribution in [2.24, 2.45) is 5.92 Å². The average Bonchev–Trinajstić information content (AvgIpc) is 2.42. The Labute approximate surface area is 113 Å². The topological polar surface area (TPSA) is 68.0 Å². The Balaban J connectivity index is 2.31. The second-order valence-corrected chi connectivity index (χ2v) is 4.78. The van der Waals surface area contributed by atoms with E-state index in [0.717, 1.165) is 29.4 Å². The Bertz CT molecular complexity index is 595. The van der Waals surface area contributed by atoms with E-state index in [4.69, 9.17) is 5.73 Å². The molecular weight excluding hydrogens is 238 g/mol. The number of amides is 1. The fourth-order valence-corrected chi connectivity index (χ4v) is 2.12. The van der Waals surface area contributed by atoms with Gasteiger partial charge in [-0.3, -0.25) is 9.78 Å². The molecule has 100 valence electrons. The molecule has 2 aromatic rings. The first-order chi connectivity index (χ1) is 9.13. The number of benzene rings is 1. The zero-order chi connectivity index (χ0) is 13.8. The highest BCUT2D eigenvalue weighted by molar-refractivity contribution is 6.04. The lowest BCUT2D eigenvalue weighted by Crippen LogP contribution is -2.20. The van der Waals surface area contributed by atoms with Crippen molar-refractivity contribution in [3.8, 4) is 0 Å². The normalized spacial score (nSPS) is 12.3. The molecule has 0 saturated carbocycles. The smallest absolute Gasteiger partial charge is 0.227 e. The highest BCUT2D eigenvalue weighted by Gasteiger charge is 2.13. The van der Waals surface area contributed by atoms with Crippen molar-refractivity contribution in [3.63, 3.8) is 0 Å². The number of nitrogens with zero attached hydrogens (tertiary/aromatic N) is 1. The van der Waals surface area contributed by atoms with Crippen LogP contribution in [0.2, 0.25) is 0 Å². The van der Waals surface area contributed by atoms with Crippen LogP contribution < -0.4 is 11.1 Å². The molecule has 0 aliphatic rings. The second-order valence-electron chi connectivity index (χ2n) is 4.78. The Kier molecular flexibility index (Phi) is 4.00. The van der Waals surface area contributed by atoms with E-state index in [0.29, 0.717) is 5.69 Å². The van der Waals surface area contributed by atoms with Crippen LogP contribution >= 0.6 is 0 Å². The van der Waals surface area contributed by atoms with Gasteiger partial charge in [0.15, 0.2) is 0 Å². The molecule has 0 fully saturated rings. The molecule has 0 bridgehead atoms. The summed E-state index contributed by atoms with van der Waals surface area (Å²) >= 11 is 0. The monoisotopic (exact) mass is 257 g/mol. The number of carbonyl (C=O) groups excluding carboxylic acids is 1. The van der Waals surface area contributed by atoms with Gasteiger partial charge >= 0.3 is 0 Å². The van der Waals surface area contributed by atoms with Gasteiger partial charge in [-0.1, -0.05) is 20.3 Å². The number of anilines is 2. The molecule has 0 radical (unpaired) electrons. The SMILES string of the molecule is CCCC(C)C(=O)Nc1ccc(N)c2ncccc12. The number of nitrogens with two attached hydrogens (primary N) is 1. The molecule has 0 spiro atoms. The first kappa shape index (κ1) is 13.3. The highest BCUT2D eigenvalue weighted by Crippen LogP contribution is 2.26. The standard InChI is InChI=1S/C15H19N3O/c1-3-5-10(2)15(19)18-13-8-7-12(16)14-11(13)6-4-9-17-14/h4,6-10H,3,5,16H2,1-2H3,(H,18,19). The van der Waals surface area contributed by atoms with E-state index in [2.05, 4.69) is 17.2 Å². The Morgan fingerprint density at radius 3 is 2.95 bits per heavy atom. The third-order valence-electron chi connectivity index (χ3n) is 3.23. The summed E-state index contributed by atoms with van der Waals surface area (Å²) in [4.78, 5) is 16.3. The van der Waals surface area contributed by atoms with Crippen LogP contribution in [0.3, 0.4) is 0 Å². The number of carbonyl (C=O) groups is 1. The van der Waals surface area contributed by atoms with Crippen LogP contribution in [0.4, 0.5) is 11.4 Å². The molecule has 19 heavy (non-hydrogen) atoms. The average molecular weight is 257 g/mol. The van der Waals surface area contributed by atoms with E-state index in [9.17, 15) is 4.79 Å². The number of nitrogen functional groups attached to an aromatic ring is 1. The number of aromatic nitrogens is 1. The van der Waals surface area contributed by atoms with Gasteiger partial charge in [0.2, 0.25) is 5.91 Å². The second kappa shape index (κ2) is 5.69. The van der Waals surface area contributed by atoms with Crippen molar-refractivity contribution in [1.82, 2.24) is 4.98 Å². The van der Waals surface area contributed by atoms with Gasteiger partial charge in [-0.2, -0.15) is 0 Å². The molecule has 1 heterocycles. The summed E-state index contributed by atoms with van der Waals surface area (Å²) in [5, 5.41) is 3.84. The van der Waals surface area contributed by atoms with Crippen LogP contribution in [0.1, 0.15) is 26.7 Å². The summed E-state index contributed by atoms with van der Waals surface area (Å²) in [6.07, 6.45) is 3.58. The summed E-state index contributed by atoms with van der Waals surface area (Å²) in [5.41, 5.74) is 8.00. The van der Waals surface area contributed by atoms with Gasteiger partial charge < -0.3 is 11.1 Å². The Morgan fingerprint density at radius 1 is 1.42 bits per heavy atom. The summed E-state index contributed by atoms with van der Waals surface area (Å²) in [5.74, 6) is 0.0473. The van der Waals surface area contributed by atoms with Crippen LogP contribution in [0.5, 0.6) is 0 Å². The fraction of sp³-hybridized carbons (Fsp3) is 0.333. The van der Waals surface area contributed by atoms with Gasteiger partial charge in [-0.05, 0) is 30.7 Å². The number of fused-ring (bicyclic) bond motifs is 1. The lowest BCUT2D eigenvalue weighted by molar-refractivity contribution is -0.119. The lowest BCUT2D eigenvalue weighted by atomic mass is 10.0. The summed E-state index contributed by atoms with van der Waals surface area (Å²) in [6.45, 7) is 4.02. The van der Waals surface area contributed by atoms with E-state index >= 15 is 0 Å². The maximum atomic E-state index is 12.1. The molecule has 1 atom stereocenters. The van der Waals surface area contributed by atoms with Crippen LogP contribution in [-0.4, -0.2) is 10.9 Å². The van der Waals surface area contributed by atoms with E-state index in [1.807, 2.05) is 25.1 Å². The predicted molar refractivity (Wildman–Crippen MR) is 78.9 cm³/mol. The van der Waals surface area contributed by atoms with Crippen molar-refractivity contribution in [2.75, 3.05) is 11.1 Å². The van der Waals surface area contributed by atoms with Gasteiger partial charge in [0.05, 0.1) is 16.9 Å². The molecule has 1 aromatic carbocycles. The van der Waals surface area contributed by atoms with Crippen molar-refractivity contribution < 1.29 is 4.79 Å². The van der Waals surface area contributed by atoms with Crippen molar-refractivity contribution in [1.29, 1.82) is 0 Å². The third kappa shape index (κ3) is 2.84. The highest BCUT2D eigenvalue weighted by atomic mass is 16.1. The maximum Gasteiger partial charge on any atom is 0.227 e. The molecular formula is C15H19N3O. The van der Waals surface area contributed by atoms with E-state index in [1.165, 1.54) is 0 Å². The molecule has 2 rings (SSSR count). The van der Waals surface area contributed by atoms with Gasteiger partial charge in [-0.15, -0.1) is 0 Å². The van der Waals surface area contributed by atoms with Crippen molar-refractivity contribution >= 4 is 28.2 Å². The number of hydrogen-bond acceptors (Lipinski definition) is 3. The van der Waals surface area contributed by atoms with Crippen molar-refractivity contribution in [2.45, 2.75) is 26.7 Å².